The molecule has 0 unspecified atom stereocenters. The molecule has 0 bridgehead atoms. The Balaban J connectivity index is 2.38. The number of nitro groups is 1. The highest BCUT2D eigenvalue weighted by molar-refractivity contribution is 9.11. The minimum absolute atomic E-state index is 0.0224. The molecule has 0 aliphatic heterocycles. The molecule has 7 nitrogen and oxygen atoms in total. The van der Waals surface area contributed by atoms with Crippen molar-refractivity contribution in [1.29, 1.82) is 0 Å². The first-order valence-corrected chi connectivity index (χ1v) is 6.97. The molecular formula is C12H6Br2N2O5. The molecule has 1 N–H and O–H groups in total. The smallest absolute Gasteiger partial charge is 0.335 e. The number of halogens is 2. The summed E-state index contributed by atoms with van der Waals surface area (Å²) in [6.45, 7) is 0. The summed E-state index contributed by atoms with van der Waals surface area (Å²) in [5.41, 5.74) is -0.0949. The molecule has 108 valence electrons. The molecule has 0 fully saturated rings. The molecule has 21 heavy (non-hydrogen) atoms. The van der Waals surface area contributed by atoms with Crippen LogP contribution in [0.3, 0.4) is 0 Å². The quantitative estimate of drug-likeness (QED) is 0.595. The molecule has 0 saturated heterocycles. The van der Waals surface area contributed by atoms with Crippen molar-refractivity contribution in [1.82, 2.24) is 4.98 Å². The van der Waals surface area contributed by atoms with Crippen LogP contribution in [0.2, 0.25) is 0 Å². The number of carboxylic acids is 1. The van der Waals surface area contributed by atoms with Gasteiger partial charge < -0.3 is 9.84 Å². The summed E-state index contributed by atoms with van der Waals surface area (Å²) in [6.07, 6.45) is 1.30. The maximum Gasteiger partial charge on any atom is 0.335 e. The molecule has 0 radical (unpaired) electrons. The van der Waals surface area contributed by atoms with E-state index in [1.807, 2.05) is 0 Å². The number of nitro benzene ring substituents is 1. The fraction of sp³-hybridized carbons (Fsp3) is 0. The Kier molecular flexibility index (Phi) is 4.53. The number of non-ortho nitro benzene ring substituents is 1. The molecule has 0 atom stereocenters. The van der Waals surface area contributed by atoms with Crippen LogP contribution in [-0.2, 0) is 0 Å². The molecule has 2 aromatic rings. The van der Waals surface area contributed by atoms with E-state index in [0.717, 1.165) is 0 Å². The van der Waals surface area contributed by atoms with Crippen molar-refractivity contribution in [3.63, 3.8) is 0 Å². The molecule has 0 amide bonds. The largest absolute Gasteiger partial charge is 0.478 e. The number of pyridine rings is 1. The fourth-order valence-corrected chi connectivity index (χ4v) is 2.78. The van der Waals surface area contributed by atoms with E-state index in [0.29, 0.717) is 8.95 Å². The number of carbonyl (C=O) groups is 1. The molecule has 1 aromatic carbocycles. The summed E-state index contributed by atoms with van der Waals surface area (Å²) in [4.78, 5) is 25.0. The summed E-state index contributed by atoms with van der Waals surface area (Å²) in [6, 6.07) is 5.14. The average molecular weight is 418 g/mol. The summed E-state index contributed by atoms with van der Waals surface area (Å²) >= 11 is 6.34. The highest BCUT2D eigenvalue weighted by atomic mass is 79.9. The number of aromatic nitrogens is 1. The minimum Gasteiger partial charge on any atom is -0.478 e. The summed E-state index contributed by atoms with van der Waals surface area (Å²) in [5.74, 6) is -0.787. The van der Waals surface area contributed by atoms with Gasteiger partial charge in [0.1, 0.15) is 0 Å². The predicted octanol–water partition coefficient (Wildman–Crippen LogP) is 4.01. The lowest BCUT2D eigenvalue weighted by Crippen LogP contribution is -1.98. The zero-order valence-electron chi connectivity index (χ0n) is 10.1. The lowest BCUT2D eigenvalue weighted by molar-refractivity contribution is -0.385. The van der Waals surface area contributed by atoms with E-state index in [2.05, 4.69) is 36.8 Å². The minimum atomic E-state index is -1.11. The van der Waals surface area contributed by atoms with Crippen LogP contribution in [0.1, 0.15) is 10.4 Å². The normalized spacial score (nSPS) is 10.2. The van der Waals surface area contributed by atoms with Gasteiger partial charge in [-0.15, -0.1) is 0 Å². The molecule has 2 rings (SSSR count). The third kappa shape index (κ3) is 3.56. The summed E-state index contributed by atoms with van der Waals surface area (Å²) < 4.78 is 6.15. The molecule has 0 aliphatic carbocycles. The van der Waals surface area contributed by atoms with E-state index >= 15 is 0 Å². The van der Waals surface area contributed by atoms with Gasteiger partial charge in [-0.25, -0.2) is 9.78 Å². The second kappa shape index (κ2) is 6.19. The van der Waals surface area contributed by atoms with Gasteiger partial charge in [-0.2, -0.15) is 0 Å². The molecule has 1 heterocycles. The molecule has 0 spiro atoms. The first kappa shape index (κ1) is 15.4. The van der Waals surface area contributed by atoms with E-state index in [1.165, 1.54) is 30.5 Å². The van der Waals surface area contributed by atoms with Gasteiger partial charge in [-0.3, -0.25) is 10.1 Å². The zero-order valence-corrected chi connectivity index (χ0v) is 13.3. The number of benzene rings is 1. The topological polar surface area (TPSA) is 103 Å². The molecular weight excluding hydrogens is 412 g/mol. The van der Waals surface area contributed by atoms with Gasteiger partial charge >= 0.3 is 5.97 Å². The maximum absolute atomic E-state index is 10.9. The lowest BCUT2D eigenvalue weighted by Gasteiger charge is -2.09. The van der Waals surface area contributed by atoms with Crippen LogP contribution in [-0.4, -0.2) is 21.0 Å². The zero-order chi connectivity index (χ0) is 15.6. The van der Waals surface area contributed by atoms with Gasteiger partial charge in [0.25, 0.3) is 5.69 Å². The van der Waals surface area contributed by atoms with Gasteiger partial charge in [0.2, 0.25) is 5.88 Å². The highest BCUT2D eigenvalue weighted by Gasteiger charge is 2.16. The monoisotopic (exact) mass is 416 g/mol. The Hall–Kier alpha value is -2.00. The number of hydrogen-bond donors (Lipinski definition) is 1. The SMILES string of the molecule is O=C(O)c1ccnc(Oc2c(Br)cc([N+](=O)[O-])cc2Br)c1. The van der Waals surface area contributed by atoms with Crippen LogP contribution >= 0.6 is 31.9 Å². The number of ether oxygens (including phenoxy) is 1. The van der Waals surface area contributed by atoms with Gasteiger partial charge in [0.05, 0.1) is 19.4 Å². The Morgan fingerprint density at radius 3 is 2.43 bits per heavy atom. The lowest BCUT2D eigenvalue weighted by atomic mass is 10.3. The fourth-order valence-electron chi connectivity index (χ4n) is 1.45. The Bertz CT molecular complexity index is 712. The predicted molar refractivity (Wildman–Crippen MR) is 79.8 cm³/mol. The maximum atomic E-state index is 10.9. The van der Waals surface area contributed by atoms with Crippen LogP contribution in [0.5, 0.6) is 11.6 Å². The summed E-state index contributed by atoms with van der Waals surface area (Å²) in [7, 11) is 0. The Labute approximate surface area is 135 Å². The molecule has 0 saturated carbocycles. The Morgan fingerprint density at radius 2 is 1.90 bits per heavy atom. The van der Waals surface area contributed by atoms with Gasteiger partial charge in [-0.1, -0.05) is 0 Å². The first-order valence-electron chi connectivity index (χ1n) is 5.39. The van der Waals surface area contributed by atoms with Gasteiger partial charge in [0, 0.05) is 24.4 Å². The van der Waals surface area contributed by atoms with Gasteiger partial charge in [-0.05, 0) is 37.9 Å². The van der Waals surface area contributed by atoms with E-state index in [1.54, 1.807) is 0 Å². The number of nitrogens with zero attached hydrogens (tertiary/aromatic N) is 2. The van der Waals surface area contributed by atoms with Crippen LogP contribution in [0.25, 0.3) is 0 Å². The number of carboxylic acid groups (broad SMARTS) is 1. The van der Waals surface area contributed by atoms with Crippen LogP contribution < -0.4 is 4.74 Å². The molecule has 0 aliphatic rings. The third-order valence-corrected chi connectivity index (χ3v) is 3.56. The van der Waals surface area contributed by atoms with Crippen molar-refractivity contribution in [3.05, 3.63) is 55.1 Å². The highest BCUT2D eigenvalue weighted by Crippen LogP contribution is 2.39. The summed E-state index contributed by atoms with van der Waals surface area (Å²) in [5, 5.41) is 19.6. The molecule has 1 aromatic heterocycles. The van der Waals surface area contributed by atoms with Crippen molar-refractivity contribution >= 4 is 43.5 Å². The van der Waals surface area contributed by atoms with E-state index in [9.17, 15) is 14.9 Å². The second-order valence-electron chi connectivity index (χ2n) is 3.79. The van der Waals surface area contributed by atoms with Crippen LogP contribution in [0, 0.1) is 10.1 Å². The second-order valence-corrected chi connectivity index (χ2v) is 5.49. The first-order chi connectivity index (χ1) is 9.88. The number of hydrogen-bond acceptors (Lipinski definition) is 5. The van der Waals surface area contributed by atoms with Crippen molar-refractivity contribution in [2.24, 2.45) is 0 Å². The van der Waals surface area contributed by atoms with Gasteiger partial charge in [0.15, 0.2) is 5.75 Å². The standard InChI is InChI=1S/C12H6Br2N2O5/c13-8-4-7(16(19)20)5-9(14)11(8)21-10-3-6(12(17)18)1-2-15-10/h1-5H,(H,17,18). The number of rotatable bonds is 4. The van der Waals surface area contributed by atoms with Crippen LogP contribution in [0.15, 0.2) is 39.4 Å². The van der Waals surface area contributed by atoms with Crippen molar-refractivity contribution in [2.45, 2.75) is 0 Å². The van der Waals surface area contributed by atoms with Crippen LogP contribution in [0.4, 0.5) is 5.69 Å². The average Bonchev–Trinajstić information content (AvgIpc) is 2.42. The van der Waals surface area contributed by atoms with Crippen molar-refractivity contribution < 1.29 is 19.6 Å². The van der Waals surface area contributed by atoms with Crippen molar-refractivity contribution in [2.75, 3.05) is 0 Å². The van der Waals surface area contributed by atoms with E-state index in [4.69, 9.17) is 9.84 Å². The molecule has 9 heteroatoms. The van der Waals surface area contributed by atoms with E-state index in [-0.39, 0.29) is 22.9 Å². The van der Waals surface area contributed by atoms with E-state index < -0.39 is 10.9 Å². The third-order valence-electron chi connectivity index (χ3n) is 2.38. The Morgan fingerprint density at radius 1 is 1.29 bits per heavy atom. The van der Waals surface area contributed by atoms with Crippen molar-refractivity contribution in [3.8, 4) is 11.6 Å². The number of aromatic carboxylic acids is 1.